The SMILES string of the molecule is CN(C)C(=O)CN(C)C(=O)CSCC(=O)Nc1ccc(Cl)cc1. The van der Waals surface area contributed by atoms with Crippen LogP contribution < -0.4 is 5.32 Å². The normalized spacial score (nSPS) is 10.1. The second-order valence-corrected chi connectivity index (χ2v) is 6.51. The number of halogens is 1. The summed E-state index contributed by atoms with van der Waals surface area (Å²) in [6, 6.07) is 6.78. The van der Waals surface area contributed by atoms with Gasteiger partial charge >= 0.3 is 0 Å². The summed E-state index contributed by atoms with van der Waals surface area (Å²) >= 11 is 6.97. The number of hydrogen-bond acceptors (Lipinski definition) is 4. The number of likely N-dealkylation sites (N-methyl/N-ethyl adjacent to an activating group) is 2. The molecule has 0 radical (unpaired) electrons. The van der Waals surface area contributed by atoms with Crippen LogP contribution in [0.4, 0.5) is 5.69 Å². The number of hydrogen-bond donors (Lipinski definition) is 1. The fourth-order valence-electron chi connectivity index (χ4n) is 1.50. The first-order valence-electron chi connectivity index (χ1n) is 6.87. The molecule has 0 saturated carbocycles. The number of benzene rings is 1. The van der Waals surface area contributed by atoms with Crippen molar-refractivity contribution in [1.29, 1.82) is 0 Å². The zero-order valence-electron chi connectivity index (χ0n) is 13.3. The Morgan fingerprint density at radius 1 is 1.04 bits per heavy atom. The molecule has 6 nitrogen and oxygen atoms in total. The topological polar surface area (TPSA) is 69.7 Å². The summed E-state index contributed by atoms with van der Waals surface area (Å²) in [7, 11) is 4.84. The molecule has 0 aliphatic carbocycles. The average molecular weight is 358 g/mol. The smallest absolute Gasteiger partial charge is 0.241 e. The van der Waals surface area contributed by atoms with Gasteiger partial charge < -0.3 is 15.1 Å². The first kappa shape index (κ1) is 19.3. The van der Waals surface area contributed by atoms with E-state index in [1.807, 2.05) is 0 Å². The number of carbonyl (C=O) groups excluding carboxylic acids is 3. The Morgan fingerprint density at radius 3 is 2.22 bits per heavy atom. The van der Waals surface area contributed by atoms with Gasteiger partial charge in [-0.3, -0.25) is 14.4 Å². The molecule has 0 unspecified atom stereocenters. The lowest BCUT2D eigenvalue weighted by atomic mass is 10.3. The van der Waals surface area contributed by atoms with Crippen molar-refractivity contribution in [3.8, 4) is 0 Å². The van der Waals surface area contributed by atoms with Crippen molar-refractivity contribution in [1.82, 2.24) is 9.80 Å². The molecule has 23 heavy (non-hydrogen) atoms. The number of nitrogens with zero attached hydrogens (tertiary/aromatic N) is 2. The van der Waals surface area contributed by atoms with Crippen LogP contribution in [-0.4, -0.2) is 66.7 Å². The van der Waals surface area contributed by atoms with Crippen LogP contribution >= 0.6 is 23.4 Å². The molecule has 0 aromatic heterocycles. The van der Waals surface area contributed by atoms with Crippen molar-refractivity contribution < 1.29 is 14.4 Å². The maximum atomic E-state index is 11.9. The first-order chi connectivity index (χ1) is 10.8. The van der Waals surface area contributed by atoms with Crippen LogP contribution in [0.1, 0.15) is 0 Å². The highest BCUT2D eigenvalue weighted by Crippen LogP contribution is 2.13. The average Bonchev–Trinajstić information content (AvgIpc) is 2.49. The third-order valence-electron chi connectivity index (χ3n) is 2.88. The number of nitrogens with one attached hydrogen (secondary N) is 1. The lowest BCUT2D eigenvalue weighted by Crippen LogP contribution is -2.38. The predicted octanol–water partition coefficient (Wildman–Crippen LogP) is 1.56. The van der Waals surface area contributed by atoms with Gasteiger partial charge in [-0.2, -0.15) is 0 Å². The standard InChI is InChI=1S/C15H20ClN3O3S/c1-18(2)14(21)8-19(3)15(22)10-23-9-13(20)17-12-6-4-11(16)5-7-12/h4-7H,8-10H2,1-3H3,(H,17,20). The van der Waals surface area contributed by atoms with E-state index in [1.165, 1.54) is 21.6 Å². The van der Waals surface area contributed by atoms with Crippen molar-refractivity contribution in [2.75, 3.05) is 44.5 Å². The lowest BCUT2D eigenvalue weighted by molar-refractivity contribution is -0.136. The van der Waals surface area contributed by atoms with Crippen LogP contribution in [-0.2, 0) is 14.4 Å². The summed E-state index contributed by atoms with van der Waals surface area (Å²) in [5.74, 6) is -0.234. The Hall–Kier alpha value is -1.73. The number of anilines is 1. The molecule has 8 heteroatoms. The van der Waals surface area contributed by atoms with Gasteiger partial charge in [-0.05, 0) is 24.3 Å². The van der Waals surface area contributed by atoms with Crippen LogP contribution in [0.2, 0.25) is 5.02 Å². The van der Waals surface area contributed by atoms with Crippen LogP contribution in [0.3, 0.4) is 0 Å². The highest BCUT2D eigenvalue weighted by molar-refractivity contribution is 8.00. The van der Waals surface area contributed by atoms with Crippen LogP contribution in [0.15, 0.2) is 24.3 Å². The van der Waals surface area contributed by atoms with Gasteiger partial charge in [0.15, 0.2) is 0 Å². The second-order valence-electron chi connectivity index (χ2n) is 5.09. The maximum Gasteiger partial charge on any atom is 0.241 e. The fourth-order valence-corrected chi connectivity index (χ4v) is 2.38. The molecule has 0 aliphatic rings. The minimum absolute atomic E-state index is 0.0311. The summed E-state index contributed by atoms with van der Waals surface area (Å²) in [6.07, 6.45) is 0. The maximum absolute atomic E-state index is 11.9. The van der Waals surface area contributed by atoms with Crippen molar-refractivity contribution in [3.05, 3.63) is 29.3 Å². The minimum atomic E-state index is -0.197. The number of rotatable bonds is 7. The Labute approximate surface area is 145 Å². The molecule has 1 N–H and O–H groups in total. The van der Waals surface area contributed by atoms with E-state index >= 15 is 0 Å². The molecule has 1 aromatic rings. The quantitative estimate of drug-likeness (QED) is 0.804. The highest BCUT2D eigenvalue weighted by Gasteiger charge is 2.14. The number of thioether (sulfide) groups is 1. The zero-order valence-corrected chi connectivity index (χ0v) is 14.9. The molecule has 0 aliphatic heterocycles. The minimum Gasteiger partial charge on any atom is -0.347 e. The second kappa shape index (κ2) is 9.42. The van der Waals surface area contributed by atoms with Crippen LogP contribution in [0.25, 0.3) is 0 Å². The van der Waals surface area contributed by atoms with Crippen molar-refractivity contribution in [3.63, 3.8) is 0 Å². The molecule has 1 aromatic carbocycles. The Kier molecular flexibility index (Phi) is 7.91. The molecule has 0 spiro atoms. The van der Waals surface area contributed by atoms with E-state index in [2.05, 4.69) is 5.32 Å². The summed E-state index contributed by atoms with van der Waals surface area (Å²) in [5.41, 5.74) is 0.653. The van der Waals surface area contributed by atoms with Gasteiger partial charge in [-0.1, -0.05) is 11.6 Å². The van der Waals surface area contributed by atoms with E-state index in [0.717, 1.165) is 0 Å². The van der Waals surface area contributed by atoms with Gasteiger partial charge in [0.05, 0.1) is 18.1 Å². The van der Waals surface area contributed by atoms with Crippen LogP contribution in [0, 0.1) is 0 Å². The van der Waals surface area contributed by atoms with Gasteiger partial charge in [0.25, 0.3) is 0 Å². The molecule has 3 amide bonds. The summed E-state index contributed by atoms with van der Waals surface area (Å²) in [4.78, 5) is 37.9. The fraction of sp³-hybridized carbons (Fsp3) is 0.400. The molecule has 0 saturated heterocycles. The molecule has 0 fully saturated rings. The number of carbonyl (C=O) groups is 3. The Morgan fingerprint density at radius 2 is 1.65 bits per heavy atom. The first-order valence-corrected chi connectivity index (χ1v) is 8.40. The van der Waals surface area contributed by atoms with E-state index in [0.29, 0.717) is 10.7 Å². The van der Waals surface area contributed by atoms with E-state index in [4.69, 9.17) is 11.6 Å². The van der Waals surface area contributed by atoms with E-state index in [9.17, 15) is 14.4 Å². The van der Waals surface area contributed by atoms with Gasteiger partial charge in [-0.15, -0.1) is 11.8 Å². The third-order valence-corrected chi connectivity index (χ3v) is 4.05. The zero-order chi connectivity index (χ0) is 17.4. The van der Waals surface area contributed by atoms with Gasteiger partial charge in [0.2, 0.25) is 17.7 Å². The largest absolute Gasteiger partial charge is 0.347 e. The third kappa shape index (κ3) is 7.38. The molecular weight excluding hydrogens is 338 g/mol. The molecular formula is C15H20ClN3O3S. The molecule has 1 rings (SSSR count). The van der Waals surface area contributed by atoms with E-state index in [1.54, 1.807) is 45.4 Å². The van der Waals surface area contributed by atoms with Crippen molar-refractivity contribution in [2.24, 2.45) is 0 Å². The monoisotopic (exact) mass is 357 g/mol. The molecule has 0 atom stereocenters. The number of amides is 3. The van der Waals surface area contributed by atoms with Gasteiger partial charge in [-0.25, -0.2) is 0 Å². The van der Waals surface area contributed by atoms with Crippen molar-refractivity contribution in [2.45, 2.75) is 0 Å². The van der Waals surface area contributed by atoms with Gasteiger partial charge in [0, 0.05) is 31.9 Å². The highest BCUT2D eigenvalue weighted by atomic mass is 35.5. The van der Waals surface area contributed by atoms with Crippen LogP contribution in [0.5, 0.6) is 0 Å². The predicted molar refractivity (Wildman–Crippen MR) is 93.7 cm³/mol. The molecule has 126 valence electrons. The Balaban J connectivity index is 2.29. The molecule has 0 heterocycles. The van der Waals surface area contributed by atoms with Gasteiger partial charge in [0.1, 0.15) is 0 Å². The Bertz CT molecular complexity index is 564. The van der Waals surface area contributed by atoms with E-state index in [-0.39, 0.29) is 35.8 Å². The summed E-state index contributed by atoms with van der Waals surface area (Å²) in [6.45, 7) is 0.0311. The van der Waals surface area contributed by atoms with Crippen molar-refractivity contribution >= 4 is 46.8 Å². The van der Waals surface area contributed by atoms with E-state index < -0.39 is 0 Å². The summed E-state index contributed by atoms with van der Waals surface area (Å²) in [5, 5.41) is 3.31. The lowest BCUT2D eigenvalue weighted by Gasteiger charge is -2.19. The summed E-state index contributed by atoms with van der Waals surface area (Å²) < 4.78 is 0. The molecule has 0 bridgehead atoms.